The van der Waals surface area contributed by atoms with Crippen LogP contribution in [0.25, 0.3) is 11.0 Å². The summed E-state index contributed by atoms with van der Waals surface area (Å²) in [5.74, 6) is 0.253. The van der Waals surface area contributed by atoms with Crippen LogP contribution < -0.4 is 10.1 Å². The van der Waals surface area contributed by atoms with Crippen molar-refractivity contribution in [2.75, 3.05) is 25.5 Å². The number of benzene rings is 2. The van der Waals surface area contributed by atoms with Crippen molar-refractivity contribution in [3.8, 4) is 5.75 Å². The number of fused-ring (bicyclic) bond motifs is 2. The van der Waals surface area contributed by atoms with Crippen LogP contribution in [-0.2, 0) is 28.9 Å². The van der Waals surface area contributed by atoms with Gasteiger partial charge < -0.3 is 19.4 Å². The zero-order chi connectivity index (χ0) is 21.8. The fourth-order valence-corrected chi connectivity index (χ4v) is 4.23. The van der Waals surface area contributed by atoms with E-state index in [1.807, 2.05) is 19.1 Å². The highest BCUT2D eigenvalue weighted by Gasteiger charge is 2.21. The summed E-state index contributed by atoms with van der Waals surface area (Å²) in [6.45, 7) is 2.51. The third kappa shape index (κ3) is 4.58. The maximum atomic E-state index is 13.1. The lowest BCUT2D eigenvalue weighted by molar-refractivity contribution is -0.134. The summed E-state index contributed by atoms with van der Waals surface area (Å²) in [6.07, 6.45) is 6.00. The van der Waals surface area contributed by atoms with E-state index in [2.05, 4.69) is 17.4 Å². The fourth-order valence-electron chi connectivity index (χ4n) is 4.23. The average Bonchev–Trinajstić information content (AvgIpc) is 3.38. The van der Waals surface area contributed by atoms with Gasteiger partial charge in [-0.1, -0.05) is 19.1 Å². The summed E-state index contributed by atoms with van der Waals surface area (Å²) in [5.41, 5.74) is 5.00. The van der Waals surface area contributed by atoms with E-state index in [0.717, 1.165) is 35.8 Å². The molecule has 6 nitrogen and oxygen atoms in total. The second-order valence-corrected chi connectivity index (χ2v) is 7.97. The van der Waals surface area contributed by atoms with Crippen LogP contribution in [0.2, 0.25) is 0 Å². The number of furan rings is 1. The molecule has 0 fully saturated rings. The molecule has 2 aromatic carbocycles. The minimum atomic E-state index is -0.249. The Kier molecular flexibility index (Phi) is 6.26. The van der Waals surface area contributed by atoms with E-state index in [4.69, 9.17) is 9.15 Å². The molecule has 6 heteroatoms. The molecule has 0 spiro atoms. The zero-order valence-corrected chi connectivity index (χ0v) is 18.1. The zero-order valence-electron chi connectivity index (χ0n) is 18.1. The number of rotatable bonds is 8. The summed E-state index contributed by atoms with van der Waals surface area (Å²) in [7, 11) is 1.56. The Morgan fingerprint density at radius 1 is 1.16 bits per heavy atom. The Bertz CT molecular complexity index is 1100. The highest BCUT2D eigenvalue weighted by molar-refractivity contribution is 5.96. The van der Waals surface area contributed by atoms with Crippen molar-refractivity contribution in [2.24, 2.45) is 0 Å². The van der Waals surface area contributed by atoms with Crippen molar-refractivity contribution in [2.45, 2.75) is 39.0 Å². The first-order valence-corrected chi connectivity index (χ1v) is 10.8. The molecule has 31 heavy (non-hydrogen) atoms. The van der Waals surface area contributed by atoms with Gasteiger partial charge in [0.25, 0.3) is 0 Å². The van der Waals surface area contributed by atoms with E-state index in [-0.39, 0.29) is 24.8 Å². The molecule has 0 unspecified atom stereocenters. The standard InChI is InChI=1S/C25H28N2O4/c1-3-11-27(15-24(28)26-21-9-4-5-10-22(21)30-2)25(29)14-19-16-31-23-13-18-8-6-7-17(18)12-20(19)23/h4-5,9-10,12-13,16H,3,6-8,11,14-15H2,1-2H3,(H,26,28). The first kappa shape index (κ1) is 21.0. The number of amides is 2. The normalized spacial score (nSPS) is 12.6. The Morgan fingerprint density at radius 2 is 1.94 bits per heavy atom. The summed E-state index contributed by atoms with van der Waals surface area (Å²) < 4.78 is 11.0. The van der Waals surface area contributed by atoms with E-state index in [1.165, 1.54) is 17.5 Å². The molecule has 0 atom stereocenters. The van der Waals surface area contributed by atoms with Gasteiger partial charge in [-0.2, -0.15) is 0 Å². The predicted molar refractivity (Wildman–Crippen MR) is 120 cm³/mol. The fraction of sp³-hybridized carbons (Fsp3) is 0.360. The van der Waals surface area contributed by atoms with Gasteiger partial charge >= 0.3 is 0 Å². The van der Waals surface area contributed by atoms with Crippen molar-refractivity contribution < 1.29 is 18.7 Å². The molecular weight excluding hydrogens is 392 g/mol. The molecule has 0 aliphatic heterocycles. The summed E-state index contributed by atoms with van der Waals surface area (Å²) in [6, 6.07) is 11.5. The molecule has 0 bridgehead atoms. The van der Waals surface area contributed by atoms with Crippen LogP contribution >= 0.6 is 0 Å². The van der Waals surface area contributed by atoms with Crippen molar-refractivity contribution in [3.63, 3.8) is 0 Å². The minimum absolute atomic E-state index is 0.00406. The number of para-hydroxylation sites is 2. The molecule has 3 aromatic rings. The number of nitrogens with zero attached hydrogens (tertiary/aromatic N) is 1. The molecule has 1 N–H and O–H groups in total. The topological polar surface area (TPSA) is 71.8 Å². The van der Waals surface area contributed by atoms with Crippen molar-refractivity contribution >= 4 is 28.5 Å². The van der Waals surface area contributed by atoms with E-state index >= 15 is 0 Å². The van der Waals surface area contributed by atoms with Gasteiger partial charge in [0.15, 0.2) is 0 Å². The lowest BCUT2D eigenvalue weighted by Crippen LogP contribution is -2.39. The Hall–Kier alpha value is -3.28. The second kappa shape index (κ2) is 9.25. The number of ether oxygens (including phenoxy) is 1. The highest BCUT2D eigenvalue weighted by atomic mass is 16.5. The number of nitrogens with one attached hydrogen (secondary N) is 1. The number of anilines is 1. The average molecular weight is 421 g/mol. The van der Waals surface area contributed by atoms with Crippen LogP contribution in [0, 0.1) is 0 Å². The number of aryl methyl sites for hydroxylation is 2. The SMILES string of the molecule is CCCN(CC(=O)Nc1ccccc1OC)C(=O)Cc1coc2cc3c(cc12)CCC3. The van der Waals surface area contributed by atoms with Crippen LogP contribution in [0.1, 0.15) is 36.5 Å². The van der Waals surface area contributed by atoms with E-state index in [1.54, 1.807) is 30.4 Å². The van der Waals surface area contributed by atoms with Gasteiger partial charge in [-0.3, -0.25) is 9.59 Å². The third-order valence-corrected chi connectivity index (χ3v) is 5.77. The molecular formula is C25H28N2O4. The van der Waals surface area contributed by atoms with Gasteiger partial charge in [0.2, 0.25) is 11.8 Å². The van der Waals surface area contributed by atoms with E-state index < -0.39 is 0 Å². The molecule has 1 aliphatic carbocycles. The maximum Gasteiger partial charge on any atom is 0.244 e. The molecule has 0 saturated carbocycles. The molecule has 1 heterocycles. The van der Waals surface area contributed by atoms with Crippen LogP contribution in [0.15, 0.2) is 47.1 Å². The van der Waals surface area contributed by atoms with Gasteiger partial charge in [-0.15, -0.1) is 0 Å². The van der Waals surface area contributed by atoms with Gasteiger partial charge in [-0.05, 0) is 61.1 Å². The molecule has 4 rings (SSSR count). The quantitative estimate of drug-likeness (QED) is 0.588. The predicted octanol–water partition coefficient (Wildman–Crippen LogP) is 4.35. The number of methoxy groups -OCH3 is 1. The Morgan fingerprint density at radius 3 is 2.71 bits per heavy atom. The maximum absolute atomic E-state index is 13.1. The third-order valence-electron chi connectivity index (χ3n) is 5.77. The molecule has 1 aromatic heterocycles. The van der Waals surface area contributed by atoms with Gasteiger partial charge in [0.1, 0.15) is 11.3 Å². The molecule has 0 radical (unpaired) electrons. The number of hydrogen-bond donors (Lipinski definition) is 1. The van der Waals surface area contributed by atoms with Crippen LogP contribution in [-0.4, -0.2) is 36.9 Å². The Balaban J connectivity index is 1.46. The number of carbonyl (C=O) groups excluding carboxylic acids is 2. The number of hydrogen-bond acceptors (Lipinski definition) is 4. The summed E-state index contributed by atoms with van der Waals surface area (Å²) >= 11 is 0. The molecule has 2 amide bonds. The molecule has 162 valence electrons. The summed E-state index contributed by atoms with van der Waals surface area (Å²) in [5, 5.41) is 3.85. The monoisotopic (exact) mass is 420 g/mol. The van der Waals surface area contributed by atoms with Gasteiger partial charge in [-0.25, -0.2) is 0 Å². The highest BCUT2D eigenvalue weighted by Crippen LogP contribution is 2.30. The number of carbonyl (C=O) groups is 2. The van der Waals surface area contributed by atoms with Crippen LogP contribution in [0.4, 0.5) is 5.69 Å². The van der Waals surface area contributed by atoms with E-state index in [9.17, 15) is 9.59 Å². The van der Waals surface area contributed by atoms with Gasteiger partial charge in [0.05, 0.1) is 32.0 Å². The van der Waals surface area contributed by atoms with Crippen molar-refractivity contribution in [3.05, 3.63) is 59.4 Å². The van der Waals surface area contributed by atoms with Crippen molar-refractivity contribution in [1.82, 2.24) is 4.90 Å². The second-order valence-electron chi connectivity index (χ2n) is 7.97. The minimum Gasteiger partial charge on any atom is -0.495 e. The first-order chi connectivity index (χ1) is 15.1. The largest absolute Gasteiger partial charge is 0.495 e. The lowest BCUT2D eigenvalue weighted by atomic mass is 10.0. The van der Waals surface area contributed by atoms with Crippen LogP contribution in [0.5, 0.6) is 5.75 Å². The Labute approximate surface area is 182 Å². The smallest absolute Gasteiger partial charge is 0.244 e. The molecule has 1 aliphatic rings. The van der Waals surface area contributed by atoms with Crippen LogP contribution in [0.3, 0.4) is 0 Å². The lowest BCUT2D eigenvalue weighted by Gasteiger charge is -2.22. The van der Waals surface area contributed by atoms with Crippen molar-refractivity contribution in [1.29, 1.82) is 0 Å². The van der Waals surface area contributed by atoms with Gasteiger partial charge in [0, 0.05) is 17.5 Å². The van der Waals surface area contributed by atoms with E-state index in [0.29, 0.717) is 18.0 Å². The first-order valence-electron chi connectivity index (χ1n) is 10.8. The molecule has 0 saturated heterocycles. The summed E-state index contributed by atoms with van der Waals surface area (Å²) in [4.78, 5) is 27.3.